The van der Waals surface area contributed by atoms with Gasteiger partial charge in [-0.05, 0) is 51.1 Å². The van der Waals surface area contributed by atoms with Crippen LogP contribution in [0.1, 0.15) is 53.5 Å². The molecule has 5 aromatic carbocycles. The van der Waals surface area contributed by atoms with Crippen molar-refractivity contribution in [3.8, 4) is 22.5 Å². The van der Waals surface area contributed by atoms with E-state index in [1.165, 1.54) is 5.69 Å². The molecule has 0 saturated heterocycles. The summed E-state index contributed by atoms with van der Waals surface area (Å²) in [6.07, 6.45) is 5.31. The van der Waals surface area contributed by atoms with Crippen molar-refractivity contribution in [3.63, 3.8) is 0 Å². The van der Waals surface area contributed by atoms with Gasteiger partial charge >= 0.3 is 0 Å². The predicted octanol–water partition coefficient (Wildman–Crippen LogP) is 6.14. The zero-order chi connectivity index (χ0) is 39.0. The van der Waals surface area contributed by atoms with Gasteiger partial charge in [0.15, 0.2) is 12.3 Å². The minimum atomic E-state index is -1.19. The molecule has 10 heteroatoms. The number of imidazole rings is 1. The molecular weight excluding hydrogens is 789 g/mol. The standard InChI is InChI=1S/C47H53N6O2Si.BrH/c1-5-6-24-42-34-51(36-55-31-32-56(2,3)4)45(35-54)52(42)33-37-27-29-38(30-28-37)43-25-16-17-26-44(43)46-48-50-53(49-46)47(39-18-10-7-11-19-39,40-20-12-8-13-21-40)41-22-14-9-15-23-41;/h7-23,25-30,34,54H,5-6,24,31-33,35-36H2,1-4H3;1H/q+1;/p-1. The lowest BCUT2D eigenvalue weighted by molar-refractivity contribution is -0.740. The SMILES string of the molecule is CCCCc1c[n+](COCC[Si](C)(C)C)c(CO)n1Cc1ccc(-c2ccccc2-c2nnn(C(c3ccccc3)(c3ccccc3)c3ccccc3)n2)cc1.[Br-]. The number of nitrogens with zero attached hydrogens (tertiary/aromatic N) is 6. The molecule has 7 rings (SSSR count). The first-order valence-electron chi connectivity index (χ1n) is 19.8. The zero-order valence-corrected chi connectivity index (χ0v) is 36.0. The quantitative estimate of drug-likeness (QED) is 0.0517. The summed E-state index contributed by atoms with van der Waals surface area (Å²) < 4.78 is 10.5. The molecule has 0 unspecified atom stereocenters. The van der Waals surface area contributed by atoms with Crippen molar-refractivity contribution in [1.82, 2.24) is 24.8 Å². The van der Waals surface area contributed by atoms with Gasteiger partial charge in [0.1, 0.15) is 25.0 Å². The number of aliphatic hydroxyl groups excluding tert-OH is 1. The Labute approximate surface area is 348 Å². The van der Waals surface area contributed by atoms with Crippen LogP contribution < -0.4 is 21.5 Å². The number of hydrogen-bond acceptors (Lipinski definition) is 5. The lowest BCUT2D eigenvalue weighted by Gasteiger charge is -2.34. The molecule has 2 heterocycles. The van der Waals surface area contributed by atoms with Crippen LogP contribution in [-0.2, 0) is 36.6 Å². The summed E-state index contributed by atoms with van der Waals surface area (Å²) in [6.45, 7) is 11.1. The summed E-state index contributed by atoms with van der Waals surface area (Å²) in [5.74, 6) is 1.42. The first kappa shape index (κ1) is 41.6. The smallest absolute Gasteiger partial charge is 0.285 e. The molecule has 0 radical (unpaired) electrons. The van der Waals surface area contributed by atoms with Crippen molar-refractivity contribution in [2.45, 2.75) is 77.3 Å². The fourth-order valence-electron chi connectivity index (χ4n) is 7.48. The minimum Gasteiger partial charge on any atom is -1.00 e. The second kappa shape index (κ2) is 19.0. The van der Waals surface area contributed by atoms with Crippen LogP contribution in [0.15, 0.2) is 146 Å². The van der Waals surface area contributed by atoms with E-state index in [1.54, 1.807) is 4.80 Å². The molecule has 1 N–H and O–H groups in total. The van der Waals surface area contributed by atoms with Gasteiger partial charge in [-0.1, -0.05) is 173 Å². The molecule has 2 aromatic heterocycles. The number of aromatic nitrogens is 6. The maximum atomic E-state index is 10.6. The Morgan fingerprint density at radius 2 is 1.30 bits per heavy atom. The Bertz CT molecular complexity index is 2210. The summed E-state index contributed by atoms with van der Waals surface area (Å²) in [5, 5.41) is 25.3. The number of benzene rings is 5. The normalized spacial score (nSPS) is 11.7. The average molecular weight is 842 g/mol. The molecule has 0 fully saturated rings. The van der Waals surface area contributed by atoms with Crippen molar-refractivity contribution < 1.29 is 31.4 Å². The Hall–Kier alpha value is -5.00. The number of aryl methyl sites for hydroxylation is 1. The molecule has 0 atom stereocenters. The van der Waals surface area contributed by atoms with Crippen molar-refractivity contribution in [3.05, 3.63) is 179 Å². The molecule has 0 aliphatic rings. The lowest BCUT2D eigenvalue weighted by atomic mass is 9.77. The van der Waals surface area contributed by atoms with Gasteiger partial charge < -0.3 is 26.8 Å². The van der Waals surface area contributed by atoms with Crippen LogP contribution in [-0.4, -0.2) is 44.6 Å². The second-order valence-corrected chi connectivity index (χ2v) is 21.3. The Morgan fingerprint density at radius 3 is 1.84 bits per heavy atom. The highest BCUT2D eigenvalue weighted by atomic mass is 79.9. The molecule has 7 aromatic rings. The molecule has 0 spiro atoms. The van der Waals surface area contributed by atoms with Gasteiger partial charge in [0.05, 0.1) is 0 Å². The van der Waals surface area contributed by atoms with E-state index < -0.39 is 13.6 Å². The molecule has 0 aliphatic heterocycles. The third-order valence-electron chi connectivity index (χ3n) is 10.5. The highest BCUT2D eigenvalue weighted by Gasteiger charge is 2.41. The largest absolute Gasteiger partial charge is 1.00 e. The summed E-state index contributed by atoms with van der Waals surface area (Å²) in [7, 11) is -1.19. The molecule has 0 amide bonds. The summed E-state index contributed by atoms with van der Waals surface area (Å²) in [5.41, 5.74) is 7.62. The van der Waals surface area contributed by atoms with Gasteiger partial charge in [-0.2, -0.15) is 0 Å². The molecule has 57 heavy (non-hydrogen) atoms. The maximum absolute atomic E-state index is 10.6. The van der Waals surface area contributed by atoms with Crippen LogP contribution >= 0.6 is 0 Å². The van der Waals surface area contributed by atoms with Gasteiger partial charge in [-0.25, -0.2) is 9.13 Å². The average Bonchev–Trinajstić information content (AvgIpc) is 3.85. The molecule has 0 saturated carbocycles. The number of aliphatic hydroxyl groups is 1. The molecule has 0 aliphatic carbocycles. The number of ether oxygens (including phenoxy) is 1. The second-order valence-electron chi connectivity index (χ2n) is 15.7. The topological polar surface area (TPSA) is 81.9 Å². The van der Waals surface area contributed by atoms with E-state index in [9.17, 15) is 5.11 Å². The molecule has 8 nitrogen and oxygen atoms in total. The first-order chi connectivity index (χ1) is 27.3. The third-order valence-corrected chi connectivity index (χ3v) is 12.2. The number of hydrogen-bond donors (Lipinski definition) is 1. The monoisotopic (exact) mass is 840 g/mol. The van der Waals surface area contributed by atoms with Gasteiger partial charge in [0.2, 0.25) is 5.82 Å². The number of rotatable bonds is 17. The van der Waals surface area contributed by atoms with E-state index >= 15 is 0 Å². The van der Waals surface area contributed by atoms with Crippen LogP contribution in [0.2, 0.25) is 25.7 Å². The zero-order valence-electron chi connectivity index (χ0n) is 33.4. The fraction of sp³-hybridized carbons (Fsp3) is 0.277. The van der Waals surface area contributed by atoms with Gasteiger partial charge in [-0.15, -0.1) is 15.0 Å². The van der Waals surface area contributed by atoms with Crippen molar-refractivity contribution in [2.75, 3.05) is 6.61 Å². The van der Waals surface area contributed by atoms with E-state index in [0.717, 1.165) is 76.7 Å². The Balaban J connectivity index is 0.00000549. The van der Waals surface area contributed by atoms with Crippen LogP contribution in [0.3, 0.4) is 0 Å². The maximum Gasteiger partial charge on any atom is 0.285 e. The summed E-state index contributed by atoms with van der Waals surface area (Å²) in [6, 6.07) is 49.3. The fourth-order valence-corrected chi connectivity index (χ4v) is 8.23. The van der Waals surface area contributed by atoms with E-state index in [0.29, 0.717) is 19.1 Å². The lowest BCUT2D eigenvalue weighted by Crippen LogP contribution is -3.00. The first-order valence-corrected chi connectivity index (χ1v) is 23.5. The number of unbranched alkanes of at least 4 members (excludes halogenated alkanes) is 1. The molecule has 0 bridgehead atoms. The Kier molecular flexibility index (Phi) is 13.8. The van der Waals surface area contributed by atoms with Crippen molar-refractivity contribution in [2.24, 2.45) is 0 Å². The van der Waals surface area contributed by atoms with Gasteiger partial charge in [-0.3, -0.25) is 0 Å². The van der Waals surface area contributed by atoms with Crippen LogP contribution in [0.5, 0.6) is 0 Å². The number of tetrazole rings is 1. The van der Waals surface area contributed by atoms with Gasteiger partial charge in [0.25, 0.3) is 5.82 Å². The highest BCUT2D eigenvalue weighted by Crippen LogP contribution is 2.40. The van der Waals surface area contributed by atoms with E-state index in [4.69, 9.17) is 20.1 Å². The highest BCUT2D eigenvalue weighted by molar-refractivity contribution is 6.76. The van der Waals surface area contributed by atoms with E-state index in [1.807, 2.05) is 24.3 Å². The number of halogens is 1. The molecular formula is C47H53BrN6O2Si. The van der Waals surface area contributed by atoms with Crippen LogP contribution in [0.4, 0.5) is 0 Å². The minimum absolute atomic E-state index is 0. The van der Waals surface area contributed by atoms with E-state index in [-0.39, 0.29) is 23.6 Å². The molecule has 294 valence electrons. The Morgan fingerprint density at radius 1 is 0.737 bits per heavy atom. The van der Waals surface area contributed by atoms with E-state index in [2.05, 4.69) is 157 Å². The van der Waals surface area contributed by atoms with Gasteiger partial charge in [0, 0.05) is 26.7 Å². The van der Waals surface area contributed by atoms with Crippen molar-refractivity contribution >= 4 is 8.07 Å². The van der Waals surface area contributed by atoms with Crippen LogP contribution in [0, 0.1) is 0 Å². The summed E-state index contributed by atoms with van der Waals surface area (Å²) >= 11 is 0. The third kappa shape index (κ3) is 9.26. The van der Waals surface area contributed by atoms with Crippen molar-refractivity contribution in [1.29, 1.82) is 0 Å². The van der Waals surface area contributed by atoms with Crippen LogP contribution in [0.25, 0.3) is 22.5 Å². The summed E-state index contributed by atoms with van der Waals surface area (Å²) in [4.78, 5) is 1.78. The predicted molar refractivity (Wildman–Crippen MR) is 226 cm³/mol.